The summed E-state index contributed by atoms with van der Waals surface area (Å²) in [6.07, 6.45) is 3.26. The highest BCUT2D eigenvalue weighted by Crippen LogP contribution is 2.42. The Hall–Kier alpha value is -2.19. The molecular formula is C16H19N3O4S. The molecule has 128 valence electrons. The molecule has 0 radical (unpaired) electrons. The maximum atomic E-state index is 13.0. The van der Waals surface area contributed by atoms with Gasteiger partial charge in [0, 0.05) is 26.2 Å². The van der Waals surface area contributed by atoms with E-state index in [1.165, 1.54) is 17.9 Å². The number of carbonyl (C=O) groups is 1. The highest BCUT2D eigenvalue weighted by atomic mass is 32.2. The van der Waals surface area contributed by atoms with Crippen LogP contribution < -0.4 is 0 Å². The standard InChI is InChI=1S/C16H19N3O4S/c1-18-10-13(14(17-18)11-8-9-11)24(22,23)19(2)15(16(20)21)12-6-4-3-5-7-12/h3-7,10-11,15H,8-9H2,1-2H3,(H,20,21). The topological polar surface area (TPSA) is 92.5 Å². The second-order valence-electron chi connectivity index (χ2n) is 6.00. The maximum absolute atomic E-state index is 13.0. The molecule has 1 atom stereocenters. The highest BCUT2D eigenvalue weighted by molar-refractivity contribution is 7.89. The summed E-state index contributed by atoms with van der Waals surface area (Å²) in [6, 6.07) is 7.05. The van der Waals surface area contributed by atoms with E-state index in [1.807, 2.05) is 0 Å². The van der Waals surface area contributed by atoms with Gasteiger partial charge < -0.3 is 5.11 Å². The number of rotatable bonds is 6. The minimum atomic E-state index is -3.98. The fourth-order valence-corrected chi connectivity index (χ4v) is 4.32. The second-order valence-corrected chi connectivity index (χ2v) is 7.97. The zero-order valence-corrected chi connectivity index (χ0v) is 14.3. The number of carboxylic acid groups (broad SMARTS) is 1. The van der Waals surface area contributed by atoms with E-state index in [0.717, 1.165) is 17.1 Å². The van der Waals surface area contributed by atoms with Crippen LogP contribution in [0.5, 0.6) is 0 Å². The quantitative estimate of drug-likeness (QED) is 0.857. The van der Waals surface area contributed by atoms with Crippen molar-refractivity contribution in [3.63, 3.8) is 0 Å². The van der Waals surface area contributed by atoms with E-state index in [1.54, 1.807) is 37.4 Å². The zero-order chi connectivity index (χ0) is 17.5. The van der Waals surface area contributed by atoms with E-state index < -0.39 is 22.0 Å². The Morgan fingerprint density at radius 3 is 2.50 bits per heavy atom. The van der Waals surface area contributed by atoms with Crippen molar-refractivity contribution in [2.75, 3.05) is 7.05 Å². The summed E-state index contributed by atoms with van der Waals surface area (Å²) in [5.74, 6) is -1.08. The summed E-state index contributed by atoms with van der Waals surface area (Å²) in [7, 11) is -1.02. The van der Waals surface area contributed by atoms with Gasteiger partial charge in [-0.05, 0) is 18.4 Å². The molecule has 24 heavy (non-hydrogen) atoms. The maximum Gasteiger partial charge on any atom is 0.326 e. The fourth-order valence-electron chi connectivity index (χ4n) is 2.76. The summed E-state index contributed by atoms with van der Waals surface area (Å²) >= 11 is 0. The van der Waals surface area contributed by atoms with Crippen LogP contribution in [0.2, 0.25) is 0 Å². The Bertz CT molecular complexity index is 857. The van der Waals surface area contributed by atoms with Crippen LogP contribution in [-0.4, -0.2) is 40.6 Å². The van der Waals surface area contributed by atoms with E-state index in [0.29, 0.717) is 11.3 Å². The largest absolute Gasteiger partial charge is 0.480 e. The van der Waals surface area contributed by atoms with Gasteiger partial charge in [-0.2, -0.15) is 9.40 Å². The van der Waals surface area contributed by atoms with Gasteiger partial charge in [0.05, 0.1) is 5.69 Å². The average molecular weight is 349 g/mol. The molecule has 1 heterocycles. The molecule has 1 N–H and O–H groups in total. The second kappa shape index (κ2) is 6.03. The number of hydrogen-bond donors (Lipinski definition) is 1. The zero-order valence-electron chi connectivity index (χ0n) is 13.5. The minimum absolute atomic E-state index is 0.0946. The third-order valence-corrected chi connectivity index (χ3v) is 6.00. The van der Waals surface area contributed by atoms with Gasteiger partial charge >= 0.3 is 5.97 Å². The predicted octanol–water partition coefficient (Wildman–Crippen LogP) is 1.74. The molecule has 1 unspecified atom stereocenters. The molecule has 1 aromatic carbocycles. The van der Waals surface area contributed by atoms with Crippen LogP contribution in [-0.2, 0) is 21.9 Å². The lowest BCUT2D eigenvalue weighted by atomic mass is 10.1. The van der Waals surface area contributed by atoms with E-state index in [4.69, 9.17) is 0 Å². The normalized spacial score (nSPS) is 16.3. The lowest BCUT2D eigenvalue weighted by molar-refractivity contribution is -0.141. The van der Waals surface area contributed by atoms with E-state index in [2.05, 4.69) is 5.10 Å². The Kier molecular flexibility index (Phi) is 4.18. The third-order valence-electron chi connectivity index (χ3n) is 4.16. The summed E-state index contributed by atoms with van der Waals surface area (Å²) in [5.41, 5.74) is 0.939. The van der Waals surface area contributed by atoms with Crippen LogP contribution in [0.4, 0.5) is 0 Å². The van der Waals surface area contributed by atoms with Crippen LogP contribution in [0.1, 0.15) is 36.1 Å². The Morgan fingerprint density at radius 2 is 1.96 bits per heavy atom. The first-order valence-corrected chi connectivity index (χ1v) is 9.05. The van der Waals surface area contributed by atoms with Crippen molar-refractivity contribution in [3.8, 4) is 0 Å². The van der Waals surface area contributed by atoms with Gasteiger partial charge in [0.25, 0.3) is 0 Å². The highest BCUT2D eigenvalue weighted by Gasteiger charge is 2.39. The first kappa shape index (κ1) is 16.7. The molecule has 7 nitrogen and oxygen atoms in total. The summed E-state index contributed by atoms with van der Waals surface area (Å²) in [4.78, 5) is 11.8. The molecule has 2 aromatic rings. The molecule has 0 saturated heterocycles. The number of hydrogen-bond acceptors (Lipinski definition) is 4. The Morgan fingerprint density at radius 1 is 1.33 bits per heavy atom. The number of likely N-dealkylation sites (N-methyl/N-ethyl adjacent to an activating group) is 1. The monoisotopic (exact) mass is 349 g/mol. The number of aryl methyl sites for hydroxylation is 1. The Labute approximate surface area is 140 Å². The molecule has 0 spiro atoms. The smallest absolute Gasteiger partial charge is 0.326 e. The van der Waals surface area contributed by atoms with Crippen molar-refractivity contribution in [1.82, 2.24) is 14.1 Å². The van der Waals surface area contributed by atoms with Crippen molar-refractivity contribution in [3.05, 3.63) is 47.8 Å². The minimum Gasteiger partial charge on any atom is -0.480 e. The summed E-state index contributed by atoms with van der Waals surface area (Å²) in [5, 5.41) is 13.8. The molecule has 0 aliphatic heterocycles. The van der Waals surface area contributed by atoms with Crippen LogP contribution in [0, 0.1) is 0 Å². The first-order chi connectivity index (χ1) is 11.3. The number of benzene rings is 1. The summed E-state index contributed by atoms with van der Waals surface area (Å²) in [6.45, 7) is 0. The molecule has 1 fully saturated rings. The summed E-state index contributed by atoms with van der Waals surface area (Å²) < 4.78 is 28.4. The number of nitrogens with zero attached hydrogens (tertiary/aromatic N) is 3. The van der Waals surface area contributed by atoms with Crippen LogP contribution in [0.15, 0.2) is 41.4 Å². The third kappa shape index (κ3) is 2.94. The van der Waals surface area contributed by atoms with E-state index >= 15 is 0 Å². The van der Waals surface area contributed by atoms with Crippen molar-refractivity contribution in [1.29, 1.82) is 0 Å². The SMILES string of the molecule is CN(C(C(=O)O)c1ccccc1)S(=O)(=O)c1cn(C)nc1C1CC1. The number of aliphatic carboxylic acids is 1. The van der Waals surface area contributed by atoms with Gasteiger partial charge in [0.1, 0.15) is 10.9 Å². The lowest BCUT2D eigenvalue weighted by Gasteiger charge is -2.24. The van der Waals surface area contributed by atoms with E-state index in [-0.39, 0.29) is 10.8 Å². The Balaban J connectivity index is 2.03. The fraction of sp³-hybridized carbons (Fsp3) is 0.375. The van der Waals surface area contributed by atoms with Crippen molar-refractivity contribution in [2.24, 2.45) is 7.05 Å². The molecule has 1 aromatic heterocycles. The van der Waals surface area contributed by atoms with Crippen molar-refractivity contribution in [2.45, 2.75) is 29.7 Å². The molecule has 1 aliphatic rings. The number of carboxylic acids is 1. The van der Waals surface area contributed by atoms with Gasteiger partial charge in [0.15, 0.2) is 0 Å². The van der Waals surface area contributed by atoms with Crippen LogP contribution in [0.3, 0.4) is 0 Å². The van der Waals surface area contributed by atoms with Gasteiger partial charge in [-0.1, -0.05) is 30.3 Å². The van der Waals surface area contributed by atoms with E-state index in [9.17, 15) is 18.3 Å². The number of sulfonamides is 1. The first-order valence-electron chi connectivity index (χ1n) is 7.61. The van der Waals surface area contributed by atoms with Gasteiger partial charge in [0.2, 0.25) is 10.0 Å². The van der Waals surface area contributed by atoms with Gasteiger partial charge in [-0.15, -0.1) is 0 Å². The van der Waals surface area contributed by atoms with Crippen LogP contribution >= 0.6 is 0 Å². The molecule has 1 aliphatic carbocycles. The molecular weight excluding hydrogens is 330 g/mol. The number of aromatic nitrogens is 2. The predicted molar refractivity (Wildman–Crippen MR) is 87.0 cm³/mol. The van der Waals surface area contributed by atoms with Gasteiger partial charge in [-0.25, -0.2) is 8.42 Å². The van der Waals surface area contributed by atoms with Gasteiger partial charge in [-0.3, -0.25) is 9.48 Å². The molecule has 8 heteroatoms. The average Bonchev–Trinajstić information content (AvgIpc) is 3.30. The van der Waals surface area contributed by atoms with Crippen LogP contribution in [0.25, 0.3) is 0 Å². The lowest BCUT2D eigenvalue weighted by Crippen LogP contribution is -2.36. The van der Waals surface area contributed by atoms with Crippen molar-refractivity contribution < 1.29 is 18.3 Å². The molecule has 3 rings (SSSR count). The molecule has 0 bridgehead atoms. The van der Waals surface area contributed by atoms with Crippen molar-refractivity contribution >= 4 is 16.0 Å². The molecule has 0 amide bonds. The molecule has 1 saturated carbocycles.